The maximum absolute atomic E-state index is 10.0. The molecule has 0 saturated carbocycles. The van der Waals surface area contributed by atoms with E-state index in [2.05, 4.69) is 5.32 Å². The van der Waals surface area contributed by atoms with Gasteiger partial charge in [-0.2, -0.15) is 0 Å². The fourth-order valence-corrected chi connectivity index (χ4v) is 2.02. The Balaban J connectivity index is 2.03. The van der Waals surface area contributed by atoms with Gasteiger partial charge in [-0.3, -0.25) is 0 Å². The molecule has 4 heteroatoms. The third-order valence-corrected chi connectivity index (χ3v) is 3.19. The lowest BCUT2D eigenvalue weighted by molar-refractivity contribution is 0.282. The van der Waals surface area contributed by atoms with E-state index in [9.17, 15) is 10.2 Å². The van der Waals surface area contributed by atoms with Crippen LogP contribution in [0.2, 0.25) is 0 Å². The lowest BCUT2D eigenvalue weighted by atomic mass is 10.1. The maximum Gasteiger partial charge on any atom is 0.124 e. The number of phenolic OH excluding ortho intramolecular Hbond substituents is 1. The van der Waals surface area contributed by atoms with Gasteiger partial charge < -0.3 is 20.3 Å². The number of ether oxygens (including phenoxy) is 1. The monoisotopic (exact) mass is 287 g/mol. The minimum Gasteiger partial charge on any atom is -0.507 e. The molecular formula is C17H21NO3. The minimum absolute atomic E-state index is 0.0149. The van der Waals surface area contributed by atoms with Gasteiger partial charge in [-0.05, 0) is 24.6 Å². The number of anilines is 1. The van der Waals surface area contributed by atoms with E-state index in [0.29, 0.717) is 18.9 Å². The Hall–Kier alpha value is -2.20. The summed E-state index contributed by atoms with van der Waals surface area (Å²) in [5.41, 5.74) is 2.48. The van der Waals surface area contributed by atoms with Crippen LogP contribution in [-0.2, 0) is 13.2 Å². The average molecular weight is 287 g/mol. The van der Waals surface area contributed by atoms with Gasteiger partial charge >= 0.3 is 0 Å². The zero-order valence-corrected chi connectivity index (χ0v) is 12.2. The first-order chi connectivity index (χ1) is 10.2. The van der Waals surface area contributed by atoms with Gasteiger partial charge in [0.15, 0.2) is 0 Å². The van der Waals surface area contributed by atoms with Crippen molar-refractivity contribution in [1.29, 1.82) is 0 Å². The van der Waals surface area contributed by atoms with Crippen molar-refractivity contribution >= 4 is 5.69 Å². The first kappa shape index (κ1) is 15.2. The summed E-state index contributed by atoms with van der Waals surface area (Å²) in [6.07, 6.45) is 0.933. The maximum atomic E-state index is 10.0. The van der Waals surface area contributed by atoms with E-state index in [1.807, 2.05) is 43.3 Å². The summed E-state index contributed by atoms with van der Waals surface area (Å²) in [5, 5.41) is 22.5. The van der Waals surface area contributed by atoms with Crippen molar-refractivity contribution in [3.63, 3.8) is 0 Å². The number of hydrogen-bond acceptors (Lipinski definition) is 4. The number of rotatable bonds is 7. The number of phenols is 1. The Morgan fingerprint density at radius 1 is 1.10 bits per heavy atom. The van der Waals surface area contributed by atoms with Crippen molar-refractivity contribution < 1.29 is 14.9 Å². The largest absolute Gasteiger partial charge is 0.507 e. The first-order valence-corrected chi connectivity index (χ1v) is 7.12. The van der Waals surface area contributed by atoms with Gasteiger partial charge in [0.05, 0.1) is 13.2 Å². The van der Waals surface area contributed by atoms with Gasteiger partial charge in [0.25, 0.3) is 0 Å². The first-order valence-electron chi connectivity index (χ1n) is 7.12. The van der Waals surface area contributed by atoms with Gasteiger partial charge in [0, 0.05) is 29.4 Å². The van der Waals surface area contributed by atoms with E-state index < -0.39 is 0 Å². The zero-order valence-electron chi connectivity index (χ0n) is 12.2. The molecule has 0 unspecified atom stereocenters. The summed E-state index contributed by atoms with van der Waals surface area (Å²) in [5.74, 6) is 0.881. The van der Waals surface area contributed by atoms with Gasteiger partial charge in [-0.1, -0.05) is 25.1 Å². The van der Waals surface area contributed by atoms with Crippen LogP contribution in [0.4, 0.5) is 5.69 Å². The van der Waals surface area contributed by atoms with Gasteiger partial charge in [0.1, 0.15) is 11.5 Å². The number of nitrogens with one attached hydrogen (secondary N) is 1. The molecule has 2 aromatic rings. The predicted molar refractivity (Wildman–Crippen MR) is 83.6 cm³/mol. The molecule has 0 aliphatic carbocycles. The predicted octanol–water partition coefficient (Wildman–Crippen LogP) is 3.29. The van der Waals surface area contributed by atoms with Crippen LogP contribution in [0, 0.1) is 0 Å². The average Bonchev–Trinajstić information content (AvgIpc) is 2.52. The summed E-state index contributed by atoms with van der Waals surface area (Å²) < 4.78 is 5.48. The quantitative estimate of drug-likeness (QED) is 0.731. The number of hydrogen-bond donors (Lipinski definition) is 3. The van der Waals surface area contributed by atoms with E-state index >= 15 is 0 Å². The van der Waals surface area contributed by atoms with E-state index in [1.165, 1.54) is 0 Å². The molecule has 4 nitrogen and oxygen atoms in total. The Morgan fingerprint density at radius 2 is 1.90 bits per heavy atom. The van der Waals surface area contributed by atoms with Crippen LogP contribution in [-0.4, -0.2) is 16.8 Å². The molecule has 0 fully saturated rings. The number of aliphatic hydroxyl groups is 1. The Bertz CT molecular complexity index is 584. The lowest BCUT2D eigenvalue weighted by Crippen LogP contribution is -2.03. The molecule has 3 N–H and O–H groups in total. The highest BCUT2D eigenvalue weighted by Crippen LogP contribution is 2.25. The van der Waals surface area contributed by atoms with Crippen molar-refractivity contribution in [1.82, 2.24) is 0 Å². The summed E-state index contributed by atoms with van der Waals surface area (Å²) in [6.45, 7) is 3.15. The molecule has 2 rings (SSSR count). The summed E-state index contributed by atoms with van der Waals surface area (Å²) in [6, 6.07) is 12.9. The number of aromatic hydroxyl groups is 1. The highest BCUT2D eigenvalue weighted by molar-refractivity contribution is 5.52. The fraction of sp³-hybridized carbons (Fsp3) is 0.294. The zero-order chi connectivity index (χ0) is 15.1. The summed E-state index contributed by atoms with van der Waals surface area (Å²) in [7, 11) is 0. The highest BCUT2D eigenvalue weighted by atomic mass is 16.5. The lowest BCUT2D eigenvalue weighted by Gasteiger charge is -2.12. The second-order valence-electron chi connectivity index (χ2n) is 4.81. The van der Waals surface area contributed by atoms with Crippen molar-refractivity contribution in [3.05, 3.63) is 53.6 Å². The van der Waals surface area contributed by atoms with Crippen molar-refractivity contribution in [3.8, 4) is 11.5 Å². The molecule has 0 heterocycles. The number of para-hydroxylation sites is 1. The summed E-state index contributed by atoms with van der Waals surface area (Å²) in [4.78, 5) is 0. The molecule has 0 saturated heterocycles. The SMILES string of the molecule is CCCOc1ccc(CNc2ccccc2CO)c(O)c1. The number of aliphatic hydroxyl groups excluding tert-OH is 1. The molecule has 0 spiro atoms. The topological polar surface area (TPSA) is 61.7 Å². The van der Waals surface area contributed by atoms with E-state index in [1.54, 1.807) is 6.07 Å². The van der Waals surface area contributed by atoms with E-state index in [-0.39, 0.29) is 12.4 Å². The third-order valence-electron chi connectivity index (χ3n) is 3.19. The van der Waals surface area contributed by atoms with Crippen LogP contribution >= 0.6 is 0 Å². The van der Waals surface area contributed by atoms with Crippen molar-refractivity contribution in [2.24, 2.45) is 0 Å². The molecule has 0 aliphatic heterocycles. The molecular weight excluding hydrogens is 266 g/mol. The van der Waals surface area contributed by atoms with E-state index in [4.69, 9.17) is 4.74 Å². The minimum atomic E-state index is -0.0149. The molecule has 0 amide bonds. The van der Waals surface area contributed by atoms with Gasteiger partial charge in [0.2, 0.25) is 0 Å². The molecule has 2 aromatic carbocycles. The van der Waals surface area contributed by atoms with Crippen LogP contribution in [0.1, 0.15) is 24.5 Å². The molecule has 0 atom stereocenters. The second kappa shape index (κ2) is 7.55. The Labute approximate surface area is 125 Å². The third kappa shape index (κ3) is 4.13. The van der Waals surface area contributed by atoms with Gasteiger partial charge in [-0.15, -0.1) is 0 Å². The van der Waals surface area contributed by atoms with Crippen molar-refractivity contribution in [2.75, 3.05) is 11.9 Å². The molecule has 112 valence electrons. The molecule has 0 aromatic heterocycles. The highest BCUT2D eigenvalue weighted by Gasteiger charge is 2.05. The van der Waals surface area contributed by atoms with Crippen LogP contribution < -0.4 is 10.1 Å². The number of benzene rings is 2. The Morgan fingerprint density at radius 3 is 2.62 bits per heavy atom. The summed E-state index contributed by atoms with van der Waals surface area (Å²) >= 11 is 0. The van der Waals surface area contributed by atoms with Crippen LogP contribution in [0.3, 0.4) is 0 Å². The smallest absolute Gasteiger partial charge is 0.124 e. The van der Waals surface area contributed by atoms with E-state index in [0.717, 1.165) is 23.2 Å². The standard InChI is InChI=1S/C17H21NO3/c1-2-9-21-15-8-7-13(17(20)10-15)11-18-16-6-4-3-5-14(16)12-19/h3-8,10,18-20H,2,9,11-12H2,1H3. The Kier molecular flexibility index (Phi) is 5.46. The van der Waals surface area contributed by atoms with Crippen LogP contribution in [0.5, 0.6) is 11.5 Å². The molecule has 21 heavy (non-hydrogen) atoms. The fourth-order valence-electron chi connectivity index (χ4n) is 2.02. The molecule has 0 radical (unpaired) electrons. The molecule has 0 aliphatic rings. The van der Waals surface area contributed by atoms with Gasteiger partial charge in [-0.25, -0.2) is 0 Å². The normalized spacial score (nSPS) is 10.4. The van der Waals surface area contributed by atoms with Crippen LogP contribution in [0.15, 0.2) is 42.5 Å². The van der Waals surface area contributed by atoms with Crippen molar-refractivity contribution in [2.45, 2.75) is 26.5 Å². The van der Waals surface area contributed by atoms with Crippen LogP contribution in [0.25, 0.3) is 0 Å². The second-order valence-corrected chi connectivity index (χ2v) is 4.81. The molecule has 0 bridgehead atoms.